The summed E-state index contributed by atoms with van der Waals surface area (Å²) in [6.07, 6.45) is 1.43. The van der Waals surface area contributed by atoms with E-state index in [-0.39, 0.29) is 35.6 Å². The summed E-state index contributed by atoms with van der Waals surface area (Å²) in [4.78, 5) is 39.5. The van der Waals surface area contributed by atoms with E-state index in [0.717, 1.165) is 17.7 Å². The molecule has 0 aromatic heterocycles. The summed E-state index contributed by atoms with van der Waals surface area (Å²) in [5.41, 5.74) is 1.48. The molecule has 1 aliphatic rings. The molecule has 1 heterocycles. The molecule has 2 amide bonds. The minimum absolute atomic E-state index is 0.0103. The van der Waals surface area contributed by atoms with Gasteiger partial charge in [-0.1, -0.05) is 37.6 Å². The quantitative estimate of drug-likeness (QED) is 0.431. The monoisotopic (exact) mass is 518 g/mol. The smallest absolute Gasteiger partial charge is 0.339 e. The second-order valence-electron chi connectivity index (χ2n) is 8.77. The number of halogens is 1. The number of carbonyl (C=O) groups is 3. The zero-order chi connectivity index (χ0) is 25.5. The fourth-order valence-corrected chi connectivity index (χ4v) is 5.18. The van der Waals surface area contributed by atoms with Gasteiger partial charge in [0, 0.05) is 41.4 Å². The van der Waals surface area contributed by atoms with E-state index in [1.165, 1.54) is 25.3 Å². The van der Waals surface area contributed by atoms with E-state index >= 15 is 0 Å². The van der Waals surface area contributed by atoms with Gasteiger partial charge in [-0.2, -0.15) is 11.8 Å². The van der Waals surface area contributed by atoms with Gasteiger partial charge in [-0.15, -0.1) is 0 Å². The highest BCUT2D eigenvalue weighted by molar-refractivity contribution is 7.99. The predicted octanol–water partition coefficient (Wildman–Crippen LogP) is 5.50. The molecule has 9 heteroatoms. The van der Waals surface area contributed by atoms with Gasteiger partial charge < -0.3 is 20.1 Å². The van der Waals surface area contributed by atoms with Gasteiger partial charge in [-0.05, 0) is 47.9 Å². The second-order valence-corrected chi connectivity index (χ2v) is 10.9. The number of carbonyl (C=O) groups excluding carboxylic acids is 2. The summed E-state index contributed by atoms with van der Waals surface area (Å²) in [6.45, 7) is 4.87. The highest BCUT2D eigenvalue weighted by atomic mass is 35.5. The Morgan fingerprint density at radius 2 is 1.91 bits per heavy atom. The fourth-order valence-electron chi connectivity index (χ4n) is 4.28. The van der Waals surface area contributed by atoms with Crippen molar-refractivity contribution in [3.63, 3.8) is 0 Å². The van der Waals surface area contributed by atoms with E-state index in [9.17, 15) is 19.5 Å². The lowest BCUT2D eigenvalue weighted by atomic mass is 9.86. The summed E-state index contributed by atoms with van der Waals surface area (Å²) in [5.74, 6) is -0.864. The molecule has 1 aliphatic heterocycles. The van der Waals surface area contributed by atoms with Crippen molar-refractivity contribution in [3.8, 4) is 5.75 Å². The van der Waals surface area contributed by atoms with Crippen LogP contribution in [0, 0.1) is 5.92 Å². The topological polar surface area (TPSA) is 95.9 Å². The maximum absolute atomic E-state index is 13.5. The van der Waals surface area contributed by atoms with Crippen molar-refractivity contribution >= 4 is 46.8 Å². The van der Waals surface area contributed by atoms with Gasteiger partial charge in [0.1, 0.15) is 11.3 Å². The number of carboxylic acids is 1. The van der Waals surface area contributed by atoms with Gasteiger partial charge in [-0.3, -0.25) is 9.59 Å². The molecule has 2 unspecified atom stereocenters. The lowest BCUT2D eigenvalue weighted by Gasteiger charge is -2.39. The Hall–Kier alpha value is -2.71. The van der Waals surface area contributed by atoms with Crippen molar-refractivity contribution in [1.82, 2.24) is 4.90 Å². The lowest BCUT2D eigenvalue weighted by molar-refractivity contribution is -0.143. The van der Waals surface area contributed by atoms with E-state index in [4.69, 9.17) is 16.3 Å². The number of amides is 2. The molecule has 2 aromatic carbocycles. The summed E-state index contributed by atoms with van der Waals surface area (Å²) >= 11 is 7.86. The molecule has 3 rings (SSSR count). The highest BCUT2D eigenvalue weighted by Crippen LogP contribution is 2.36. The Kier molecular flexibility index (Phi) is 9.46. The minimum Gasteiger partial charge on any atom is -0.496 e. The third-order valence-electron chi connectivity index (χ3n) is 5.98. The third-order valence-corrected chi connectivity index (χ3v) is 7.32. The molecule has 188 valence electrons. The highest BCUT2D eigenvalue weighted by Gasteiger charge is 2.36. The first kappa shape index (κ1) is 26.9. The number of aromatic carboxylic acids is 1. The van der Waals surface area contributed by atoms with Crippen molar-refractivity contribution in [2.24, 2.45) is 5.92 Å². The Morgan fingerprint density at radius 3 is 2.54 bits per heavy atom. The molecular formula is C26H31ClN2O5S. The molecule has 7 nitrogen and oxygen atoms in total. The molecule has 2 N–H and O–H groups in total. The number of hydrogen-bond donors (Lipinski definition) is 2. The Labute approximate surface area is 215 Å². The molecular weight excluding hydrogens is 488 g/mol. The van der Waals surface area contributed by atoms with Crippen LogP contribution in [0.3, 0.4) is 0 Å². The van der Waals surface area contributed by atoms with Crippen LogP contribution >= 0.6 is 23.4 Å². The van der Waals surface area contributed by atoms with Gasteiger partial charge in [0.15, 0.2) is 0 Å². The average Bonchev–Trinajstić information content (AvgIpc) is 2.81. The maximum atomic E-state index is 13.5. The molecule has 1 fully saturated rings. The summed E-state index contributed by atoms with van der Waals surface area (Å²) < 4.78 is 5.12. The van der Waals surface area contributed by atoms with E-state index in [2.05, 4.69) is 19.2 Å². The molecule has 2 aromatic rings. The minimum atomic E-state index is -1.11. The van der Waals surface area contributed by atoms with Crippen LogP contribution < -0.4 is 10.1 Å². The van der Waals surface area contributed by atoms with Crippen molar-refractivity contribution in [3.05, 3.63) is 58.6 Å². The molecule has 0 radical (unpaired) electrons. The maximum Gasteiger partial charge on any atom is 0.339 e. The first-order chi connectivity index (χ1) is 16.7. The zero-order valence-corrected chi connectivity index (χ0v) is 21.7. The van der Waals surface area contributed by atoms with Crippen LogP contribution in [-0.2, 0) is 9.59 Å². The lowest BCUT2D eigenvalue weighted by Crippen LogP contribution is -2.45. The summed E-state index contributed by atoms with van der Waals surface area (Å²) in [7, 11) is 1.37. The van der Waals surface area contributed by atoms with E-state index in [1.54, 1.807) is 11.8 Å². The number of benzene rings is 2. The average molecular weight is 519 g/mol. The Morgan fingerprint density at radius 1 is 1.20 bits per heavy atom. The molecule has 35 heavy (non-hydrogen) atoms. The number of piperidine rings is 1. The van der Waals surface area contributed by atoms with Crippen LogP contribution in [0.15, 0.2) is 42.5 Å². The molecule has 0 spiro atoms. The van der Waals surface area contributed by atoms with E-state index in [0.29, 0.717) is 28.9 Å². The van der Waals surface area contributed by atoms with Crippen LogP contribution in [0.2, 0.25) is 5.02 Å². The number of nitrogens with zero attached hydrogens (tertiary/aromatic N) is 1. The van der Waals surface area contributed by atoms with Gasteiger partial charge in [0.05, 0.1) is 13.2 Å². The Bertz CT molecular complexity index is 1060. The zero-order valence-electron chi connectivity index (χ0n) is 20.1. The van der Waals surface area contributed by atoms with Gasteiger partial charge in [0.2, 0.25) is 11.8 Å². The molecule has 0 aliphatic carbocycles. The van der Waals surface area contributed by atoms with Gasteiger partial charge in [0.25, 0.3) is 0 Å². The number of ether oxygens (including phenoxy) is 1. The SMILES string of the molecule is COc1cc(NC(=O)CC2CCC(c3ccc(Cl)cc3)N(CCSC(C)C)C2=O)ccc1C(=O)O. The van der Waals surface area contributed by atoms with Crippen LogP contribution in [-0.4, -0.2) is 52.4 Å². The van der Waals surface area contributed by atoms with Crippen molar-refractivity contribution in [1.29, 1.82) is 0 Å². The third kappa shape index (κ3) is 7.15. The number of anilines is 1. The van der Waals surface area contributed by atoms with Crippen LogP contribution in [0.1, 0.15) is 55.1 Å². The van der Waals surface area contributed by atoms with Gasteiger partial charge in [-0.25, -0.2) is 4.79 Å². The summed E-state index contributed by atoms with van der Waals surface area (Å²) in [6, 6.07) is 11.9. The standard InChI is InChI=1S/C26H31ClN2O5S/c1-16(2)35-13-12-29-22(17-4-7-19(27)8-5-17)11-6-18(25(29)31)14-24(30)28-20-9-10-21(26(32)33)23(15-20)34-3/h4-5,7-10,15-16,18,22H,6,11-14H2,1-3H3,(H,28,30)(H,32,33). The van der Waals surface area contributed by atoms with E-state index in [1.807, 2.05) is 29.2 Å². The summed E-state index contributed by atoms with van der Waals surface area (Å²) in [5, 5.41) is 13.1. The van der Waals surface area contributed by atoms with Crippen LogP contribution in [0.25, 0.3) is 0 Å². The largest absolute Gasteiger partial charge is 0.496 e. The van der Waals surface area contributed by atoms with Crippen molar-refractivity contribution < 1.29 is 24.2 Å². The number of thioether (sulfide) groups is 1. The number of carboxylic acid groups (broad SMARTS) is 1. The van der Waals surface area contributed by atoms with E-state index < -0.39 is 11.9 Å². The second kappa shape index (κ2) is 12.3. The number of likely N-dealkylation sites (tertiary alicyclic amines) is 1. The molecule has 1 saturated heterocycles. The molecule has 0 saturated carbocycles. The fraction of sp³-hybridized carbons (Fsp3) is 0.423. The number of methoxy groups -OCH3 is 1. The predicted molar refractivity (Wildman–Crippen MR) is 139 cm³/mol. The normalized spacial score (nSPS) is 18.0. The molecule has 2 atom stereocenters. The van der Waals surface area contributed by atoms with Crippen molar-refractivity contribution in [2.75, 3.05) is 24.7 Å². The number of hydrogen-bond acceptors (Lipinski definition) is 5. The van der Waals surface area contributed by atoms with Crippen molar-refractivity contribution in [2.45, 2.75) is 44.4 Å². The number of rotatable bonds is 10. The van der Waals surface area contributed by atoms with Crippen LogP contribution in [0.5, 0.6) is 5.75 Å². The van der Waals surface area contributed by atoms with Gasteiger partial charge >= 0.3 is 5.97 Å². The first-order valence-electron chi connectivity index (χ1n) is 11.6. The van der Waals surface area contributed by atoms with Crippen LogP contribution in [0.4, 0.5) is 5.69 Å². The molecule has 0 bridgehead atoms. The number of nitrogens with one attached hydrogen (secondary N) is 1. The Balaban J connectivity index is 1.70. The first-order valence-corrected chi connectivity index (χ1v) is 13.0.